The molecule has 0 aliphatic carbocycles. The monoisotopic (exact) mass is 418 g/mol. The Morgan fingerprint density at radius 1 is 1.13 bits per heavy atom. The Hall–Kier alpha value is -3.29. The minimum Gasteiger partial charge on any atom is -0.462 e. The fourth-order valence-electron chi connectivity index (χ4n) is 3.23. The van der Waals surface area contributed by atoms with Gasteiger partial charge in [0, 0.05) is 19.2 Å². The Labute approximate surface area is 172 Å². The van der Waals surface area contributed by atoms with Gasteiger partial charge in [-0.05, 0) is 30.2 Å². The van der Waals surface area contributed by atoms with Crippen LogP contribution in [0.25, 0.3) is 0 Å². The number of urea groups is 1. The van der Waals surface area contributed by atoms with E-state index in [1.54, 1.807) is 6.92 Å². The molecule has 2 amide bonds. The summed E-state index contributed by atoms with van der Waals surface area (Å²) >= 11 is 0. The first-order valence-electron chi connectivity index (χ1n) is 9.31. The van der Waals surface area contributed by atoms with Crippen molar-refractivity contribution in [2.75, 3.05) is 13.7 Å². The SMILES string of the molecule is CC1=C(C(=O)OCCc2ccccc2)C(c2cccc(C(F)(F)F)c2)NC(=O)N1C. The summed E-state index contributed by atoms with van der Waals surface area (Å²) in [7, 11) is 1.48. The summed E-state index contributed by atoms with van der Waals surface area (Å²) in [6.07, 6.45) is -4.05. The third-order valence-corrected chi connectivity index (χ3v) is 4.99. The molecular formula is C22H21F3N2O3. The molecule has 0 bridgehead atoms. The van der Waals surface area contributed by atoms with E-state index in [-0.39, 0.29) is 17.7 Å². The highest BCUT2D eigenvalue weighted by atomic mass is 19.4. The second-order valence-corrected chi connectivity index (χ2v) is 6.94. The van der Waals surface area contributed by atoms with Crippen LogP contribution in [0.2, 0.25) is 0 Å². The number of carbonyl (C=O) groups excluding carboxylic acids is 2. The van der Waals surface area contributed by atoms with E-state index in [1.165, 1.54) is 24.1 Å². The standard InChI is InChI=1S/C22H21F3N2O3/c1-14-18(20(28)30-12-11-15-7-4-3-5-8-15)19(26-21(29)27(14)2)16-9-6-10-17(13-16)22(23,24)25/h3-10,13,19H,11-12H2,1-2H3,(H,26,29). The Morgan fingerprint density at radius 3 is 2.50 bits per heavy atom. The third kappa shape index (κ3) is 4.64. The second-order valence-electron chi connectivity index (χ2n) is 6.94. The Bertz CT molecular complexity index is 971. The Morgan fingerprint density at radius 2 is 1.83 bits per heavy atom. The average Bonchev–Trinajstić information content (AvgIpc) is 2.72. The van der Waals surface area contributed by atoms with E-state index >= 15 is 0 Å². The molecule has 3 rings (SSSR count). The zero-order valence-corrected chi connectivity index (χ0v) is 16.5. The second kappa shape index (κ2) is 8.61. The maximum atomic E-state index is 13.1. The summed E-state index contributed by atoms with van der Waals surface area (Å²) in [4.78, 5) is 26.3. The lowest BCUT2D eigenvalue weighted by Gasteiger charge is -2.33. The number of benzene rings is 2. The van der Waals surface area contributed by atoms with E-state index in [9.17, 15) is 22.8 Å². The van der Waals surface area contributed by atoms with Crippen LogP contribution in [0.5, 0.6) is 0 Å². The van der Waals surface area contributed by atoms with Crippen LogP contribution < -0.4 is 5.32 Å². The molecule has 0 spiro atoms. The molecule has 1 aliphatic rings. The van der Waals surface area contributed by atoms with Crippen LogP contribution in [0.4, 0.5) is 18.0 Å². The van der Waals surface area contributed by atoms with Crippen molar-refractivity contribution in [1.82, 2.24) is 10.2 Å². The first-order chi connectivity index (χ1) is 14.2. The van der Waals surface area contributed by atoms with Crippen LogP contribution in [0.1, 0.15) is 29.7 Å². The highest BCUT2D eigenvalue weighted by Gasteiger charge is 2.37. The molecule has 1 unspecified atom stereocenters. The largest absolute Gasteiger partial charge is 0.462 e. The molecule has 0 radical (unpaired) electrons. The highest BCUT2D eigenvalue weighted by molar-refractivity contribution is 5.95. The highest BCUT2D eigenvalue weighted by Crippen LogP contribution is 2.35. The number of halogens is 3. The number of alkyl halides is 3. The van der Waals surface area contributed by atoms with Gasteiger partial charge in [0.1, 0.15) is 0 Å². The van der Waals surface area contributed by atoms with Gasteiger partial charge >= 0.3 is 18.2 Å². The molecule has 1 aliphatic heterocycles. The predicted molar refractivity (Wildman–Crippen MR) is 104 cm³/mol. The summed E-state index contributed by atoms with van der Waals surface area (Å²) in [6, 6.07) is 12.4. The van der Waals surface area contributed by atoms with Gasteiger partial charge in [-0.25, -0.2) is 9.59 Å². The molecule has 1 N–H and O–H groups in total. The minimum atomic E-state index is -4.54. The third-order valence-electron chi connectivity index (χ3n) is 4.99. The van der Waals surface area contributed by atoms with E-state index in [0.29, 0.717) is 12.1 Å². The lowest BCUT2D eigenvalue weighted by Crippen LogP contribution is -2.46. The summed E-state index contributed by atoms with van der Waals surface area (Å²) in [6.45, 7) is 1.67. The summed E-state index contributed by atoms with van der Waals surface area (Å²) in [5.74, 6) is -0.683. The van der Waals surface area contributed by atoms with Gasteiger partial charge in [-0.15, -0.1) is 0 Å². The number of hydrogen-bond acceptors (Lipinski definition) is 3. The minimum absolute atomic E-state index is 0.101. The van der Waals surface area contributed by atoms with Crippen molar-refractivity contribution in [2.45, 2.75) is 25.6 Å². The number of esters is 1. The van der Waals surface area contributed by atoms with Crippen LogP contribution >= 0.6 is 0 Å². The van der Waals surface area contributed by atoms with Crippen molar-refractivity contribution >= 4 is 12.0 Å². The van der Waals surface area contributed by atoms with Crippen molar-refractivity contribution < 1.29 is 27.5 Å². The molecule has 1 heterocycles. The number of hydrogen-bond donors (Lipinski definition) is 1. The number of ether oxygens (including phenoxy) is 1. The van der Waals surface area contributed by atoms with Crippen LogP contribution in [-0.4, -0.2) is 30.6 Å². The van der Waals surface area contributed by atoms with Gasteiger partial charge in [-0.1, -0.05) is 42.5 Å². The first-order valence-corrected chi connectivity index (χ1v) is 9.31. The van der Waals surface area contributed by atoms with Gasteiger partial charge < -0.3 is 15.0 Å². The van der Waals surface area contributed by atoms with Crippen LogP contribution in [-0.2, 0) is 22.1 Å². The average molecular weight is 418 g/mol. The zero-order chi connectivity index (χ0) is 21.9. The van der Waals surface area contributed by atoms with Crippen molar-refractivity contribution in [3.05, 3.63) is 82.6 Å². The van der Waals surface area contributed by atoms with Gasteiger partial charge in [0.25, 0.3) is 0 Å². The zero-order valence-electron chi connectivity index (χ0n) is 16.5. The van der Waals surface area contributed by atoms with Crippen LogP contribution in [0, 0.1) is 0 Å². The van der Waals surface area contributed by atoms with Crippen molar-refractivity contribution in [2.24, 2.45) is 0 Å². The van der Waals surface area contributed by atoms with Gasteiger partial charge in [-0.2, -0.15) is 13.2 Å². The van der Waals surface area contributed by atoms with Gasteiger partial charge in [0.05, 0.1) is 23.8 Å². The number of rotatable bonds is 5. The smallest absolute Gasteiger partial charge is 0.416 e. The molecule has 8 heteroatoms. The van der Waals surface area contributed by atoms with Crippen molar-refractivity contribution in [3.63, 3.8) is 0 Å². The van der Waals surface area contributed by atoms with Gasteiger partial charge in [-0.3, -0.25) is 0 Å². The van der Waals surface area contributed by atoms with E-state index < -0.39 is 29.8 Å². The first kappa shape index (κ1) is 21.4. The molecular weight excluding hydrogens is 397 g/mol. The van der Waals surface area contributed by atoms with Gasteiger partial charge in [0.2, 0.25) is 0 Å². The molecule has 0 saturated carbocycles. The summed E-state index contributed by atoms with van der Waals surface area (Å²) in [5.41, 5.74) is 0.707. The fraction of sp³-hybridized carbons (Fsp3) is 0.273. The molecule has 2 aromatic rings. The number of nitrogens with one attached hydrogen (secondary N) is 1. The van der Waals surface area contributed by atoms with E-state index in [1.807, 2.05) is 30.3 Å². The van der Waals surface area contributed by atoms with E-state index in [2.05, 4.69) is 5.32 Å². The summed E-state index contributed by atoms with van der Waals surface area (Å²) in [5, 5.41) is 2.59. The van der Waals surface area contributed by atoms with Crippen LogP contribution in [0.3, 0.4) is 0 Å². The normalized spacial score (nSPS) is 17.0. The van der Waals surface area contributed by atoms with E-state index in [4.69, 9.17) is 4.74 Å². The predicted octanol–water partition coefficient (Wildman–Crippen LogP) is 4.46. The molecule has 0 fully saturated rings. The number of nitrogens with zero attached hydrogens (tertiary/aromatic N) is 1. The van der Waals surface area contributed by atoms with Gasteiger partial charge in [0.15, 0.2) is 0 Å². The lowest BCUT2D eigenvalue weighted by molar-refractivity contribution is -0.139. The maximum Gasteiger partial charge on any atom is 0.416 e. The number of allylic oxidation sites excluding steroid dienone is 1. The molecule has 2 aromatic carbocycles. The molecule has 158 valence electrons. The number of amides is 2. The van der Waals surface area contributed by atoms with Crippen molar-refractivity contribution in [1.29, 1.82) is 0 Å². The topological polar surface area (TPSA) is 58.6 Å². The quantitative estimate of drug-likeness (QED) is 0.730. The van der Waals surface area contributed by atoms with Crippen molar-refractivity contribution in [3.8, 4) is 0 Å². The Kier molecular flexibility index (Phi) is 6.14. The molecule has 30 heavy (non-hydrogen) atoms. The van der Waals surface area contributed by atoms with Crippen LogP contribution in [0.15, 0.2) is 65.9 Å². The molecule has 1 atom stereocenters. The molecule has 5 nitrogen and oxygen atoms in total. The number of carbonyl (C=O) groups is 2. The lowest BCUT2D eigenvalue weighted by atomic mass is 9.94. The Balaban J connectivity index is 1.86. The molecule has 0 saturated heterocycles. The maximum absolute atomic E-state index is 13.1. The fourth-order valence-corrected chi connectivity index (χ4v) is 3.23. The summed E-state index contributed by atoms with van der Waals surface area (Å²) < 4.78 is 44.8. The molecule has 0 aromatic heterocycles. The van der Waals surface area contributed by atoms with E-state index in [0.717, 1.165) is 17.7 Å².